The molecule has 0 radical (unpaired) electrons. The summed E-state index contributed by atoms with van der Waals surface area (Å²) in [7, 11) is 0. The van der Waals surface area contributed by atoms with E-state index >= 15 is 0 Å². The molecule has 9 heteroatoms. The topological polar surface area (TPSA) is 78.0 Å². The molecule has 0 unspecified atom stereocenters. The van der Waals surface area contributed by atoms with Gasteiger partial charge in [-0.2, -0.15) is 0 Å². The fraction of sp³-hybridized carbons (Fsp3) is 0.0476. The van der Waals surface area contributed by atoms with E-state index in [0.29, 0.717) is 16.7 Å². The van der Waals surface area contributed by atoms with Gasteiger partial charge in [-0.15, -0.1) is 10.2 Å². The quantitative estimate of drug-likeness (QED) is 0.354. The summed E-state index contributed by atoms with van der Waals surface area (Å²) in [4.78, 5) is 25.9. The molecule has 2 aromatic heterocycles. The number of carbonyl (C=O) groups is 1. The van der Waals surface area contributed by atoms with E-state index in [-0.39, 0.29) is 22.2 Å². The Morgan fingerprint density at radius 3 is 2.60 bits per heavy atom. The second-order valence-electron chi connectivity index (χ2n) is 6.47. The van der Waals surface area contributed by atoms with Crippen molar-refractivity contribution in [2.24, 2.45) is 0 Å². The lowest BCUT2D eigenvalue weighted by Crippen LogP contribution is -2.12. The first kappa shape index (κ1) is 19.7. The molecule has 0 aliphatic heterocycles. The van der Waals surface area contributed by atoms with Crippen LogP contribution in [-0.2, 0) is 0 Å². The average molecular weight is 428 g/mol. The lowest BCUT2D eigenvalue weighted by molar-refractivity contribution is 0.104. The van der Waals surface area contributed by atoms with Gasteiger partial charge < -0.3 is 4.42 Å². The van der Waals surface area contributed by atoms with Crippen molar-refractivity contribution in [1.82, 2.24) is 14.8 Å². The lowest BCUT2D eigenvalue weighted by atomic mass is 10.0. The highest BCUT2D eigenvalue weighted by molar-refractivity contribution is 6.32. The lowest BCUT2D eigenvalue weighted by Gasteiger charge is -2.09. The first-order valence-corrected chi connectivity index (χ1v) is 9.01. The molecule has 0 amide bonds. The highest BCUT2D eigenvalue weighted by atomic mass is 35.5. The van der Waals surface area contributed by atoms with Crippen LogP contribution in [-0.4, -0.2) is 20.5 Å². The molecule has 0 spiro atoms. The molecule has 0 bridgehead atoms. The Balaban J connectivity index is 1.90. The van der Waals surface area contributed by atoms with E-state index in [1.54, 1.807) is 13.0 Å². The number of aromatic nitrogens is 3. The predicted octanol–water partition coefficient (Wildman–Crippen LogP) is 4.51. The number of hydrogen-bond donors (Lipinski definition) is 0. The Kier molecular flexibility index (Phi) is 5.01. The minimum atomic E-state index is -1.04. The van der Waals surface area contributed by atoms with E-state index in [2.05, 4.69) is 10.2 Å². The SMILES string of the molecule is Cc1cc2occ(/C=C(/C(=O)c3ccc(F)cc3F)n3cnnc3)c(=O)c2cc1Cl. The van der Waals surface area contributed by atoms with Crippen molar-refractivity contribution < 1.29 is 18.0 Å². The number of nitrogens with zero attached hydrogens (tertiary/aromatic N) is 3. The van der Waals surface area contributed by atoms with E-state index in [9.17, 15) is 18.4 Å². The Bertz CT molecular complexity index is 1380. The molecule has 2 aromatic carbocycles. The fourth-order valence-electron chi connectivity index (χ4n) is 2.91. The molecule has 4 rings (SSSR count). The van der Waals surface area contributed by atoms with Crippen LogP contribution in [0.15, 0.2) is 58.5 Å². The first-order valence-electron chi connectivity index (χ1n) is 8.63. The van der Waals surface area contributed by atoms with Crippen molar-refractivity contribution in [3.63, 3.8) is 0 Å². The van der Waals surface area contributed by atoms with Crippen LogP contribution in [0.3, 0.4) is 0 Å². The summed E-state index contributed by atoms with van der Waals surface area (Å²) in [6.45, 7) is 1.77. The number of allylic oxidation sites excluding steroid dienone is 1. The molecule has 30 heavy (non-hydrogen) atoms. The number of benzene rings is 2. The van der Waals surface area contributed by atoms with Gasteiger partial charge in [-0.05, 0) is 42.8 Å². The minimum absolute atomic E-state index is 0.0296. The molecule has 0 saturated carbocycles. The Morgan fingerprint density at radius 2 is 1.90 bits per heavy atom. The van der Waals surface area contributed by atoms with Gasteiger partial charge in [-0.1, -0.05) is 11.6 Å². The van der Waals surface area contributed by atoms with Gasteiger partial charge >= 0.3 is 0 Å². The number of Topliss-reactive ketones (excluding diaryl/α,β-unsaturated/α-hetero) is 1. The van der Waals surface area contributed by atoms with Crippen LogP contribution >= 0.6 is 11.6 Å². The standard InChI is InChI=1S/C21H12ClF2N3O3/c1-11-4-19-15(7-16(11)22)20(28)12(8-30-19)5-18(27-9-25-26-10-27)21(29)14-3-2-13(23)6-17(14)24/h2-10H,1H3/b18-5-. The highest BCUT2D eigenvalue weighted by Gasteiger charge is 2.20. The van der Waals surface area contributed by atoms with Gasteiger partial charge in [-0.25, -0.2) is 8.78 Å². The number of fused-ring (bicyclic) bond motifs is 1. The van der Waals surface area contributed by atoms with Crippen molar-refractivity contribution in [3.8, 4) is 0 Å². The van der Waals surface area contributed by atoms with Gasteiger partial charge in [0.15, 0.2) is 5.43 Å². The molecule has 0 aliphatic carbocycles. The second kappa shape index (κ2) is 7.64. The van der Waals surface area contributed by atoms with E-state index in [1.807, 2.05) is 0 Å². The van der Waals surface area contributed by atoms with Crippen LogP contribution in [0.5, 0.6) is 0 Å². The third-order valence-electron chi connectivity index (χ3n) is 4.48. The molecule has 2 heterocycles. The van der Waals surface area contributed by atoms with E-state index in [0.717, 1.165) is 17.7 Å². The van der Waals surface area contributed by atoms with E-state index in [1.165, 1.54) is 35.6 Å². The molecular formula is C21H12ClF2N3O3. The molecule has 0 N–H and O–H groups in total. The molecule has 0 fully saturated rings. The molecule has 4 aromatic rings. The number of aryl methyl sites for hydroxylation is 1. The van der Waals surface area contributed by atoms with E-state index in [4.69, 9.17) is 16.0 Å². The number of rotatable bonds is 4. The summed E-state index contributed by atoms with van der Waals surface area (Å²) in [6, 6.07) is 5.71. The largest absolute Gasteiger partial charge is 0.463 e. The van der Waals surface area contributed by atoms with Gasteiger partial charge in [-0.3, -0.25) is 14.2 Å². The predicted molar refractivity (Wildman–Crippen MR) is 107 cm³/mol. The van der Waals surface area contributed by atoms with Crippen LogP contribution in [0.25, 0.3) is 22.7 Å². The zero-order valence-corrected chi connectivity index (χ0v) is 16.2. The van der Waals surface area contributed by atoms with Gasteiger partial charge in [0.2, 0.25) is 5.78 Å². The number of hydrogen-bond acceptors (Lipinski definition) is 5. The van der Waals surface area contributed by atoms with E-state index < -0.39 is 22.8 Å². The van der Waals surface area contributed by atoms with Crippen LogP contribution in [0, 0.1) is 18.6 Å². The third-order valence-corrected chi connectivity index (χ3v) is 4.89. The van der Waals surface area contributed by atoms with Gasteiger partial charge in [0.1, 0.15) is 36.1 Å². The van der Waals surface area contributed by atoms with Gasteiger partial charge in [0.05, 0.1) is 22.2 Å². The third kappa shape index (κ3) is 3.53. The number of ketones is 1. The van der Waals surface area contributed by atoms with Gasteiger partial charge in [0, 0.05) is 11.1 Å². The van der Waals surface area contributed by atoms with Crippen LogP contribution in [0.4, 0.5) is 8.78 Å². The smallest absolute Gasteiger partial charge is 0.212 e. The van der Waals surface area contributed by atoms with Crippen LogP contribution in [0.1, 0.15) is 21.5 Å². The Hall–Kier alpha value is -3.65. The molecular weight excluding hydrogens is 416 g/mol. The zero-order valence-electron chi connectivity index (χ0n) is 15.4. The van der Waals surface area contributed by atoms with Gasteiger partial charge in [0.25, 0.3) is 0 Å². The molecule has 0 aliphatic rings. The monoisotopic (exact) mass is 427 g/mol. The average Bonchev–Trinajstić information content (AvgIpc) is 3.23. The summed E-state index contributed by atoms with van der Waals surface area (Å²) < 4.78 is 34.2. The summed E-state index contributed by atoms with van der Waals surface area (Å²) in [5, 5.41) is 7.89. The maximum absolute atomic E-state index is 14.2. The molecule has 0 saturated heterocycles. The first-order chi connectivity index (χ1) is 14.3. The van der Waals surface area contributed by atoms with Crippen molar-refractivity contribution in [3.05, 3.63) is 92.8 Å². The fourth-order valence-corrected chi connectivity index (χ4v) is 3.07. The maximum Gasteiger partial charge on any atom is 0.212 e. The summed E-state index contributed by atoms with van der Waals surface area (Å²) >= 11 is 6.12. The van der Waals surface area contributed by atoms with Crippen molar-refractivity contribution in [2.75, 3.05) is 0 Å². The summed E-state index contributed by atoms with van der Waals surface area (Å²) in [5.41, 5.74) is 0.164. The normalized spacial score (nSPS) is 11.8. The van der Waals surface area contributed by atoms with Crippen LogP contribution < -0.4 is 5.43 Å². The zero-order chi connectivity index (χ0) is 21.4. The minimum Gasteiger partial charge on any atom is -0.463 e. The summed E-state index contributed by atoms with van der Waals surface area (Å²) in [5.74, 6) is -2.65. The van der Waals surface area contributed by atoms with Crippen molar-refractivity contribution in [2.45, 2.75) is 6.92 Å². The van der Waals surface area contributed by atoms with Crippen molar-refractivity contribution >= 4 is 40.1 Å². The molecule has 150 valence electrons. The highest BCUT2D eigenvalue weighted by Crippen LogP contribution is 2.24. The summed E-state index contributed by atoms with van der Waals surface area (Å²) in [6.07, 6.45) is 4.85. The van der Waals surface area contributed by atoms with Crippen molar-refractivity contribution in [1.29, 1.82) is 0 Å². The molecule has 6 nitrogen and oxygen atoms in total. The Morgan fingerprint density at radius 1 is 1.17 bits per heavy atom. The number of halogens is 3. The maximum atomic E-state index is 14.2. The number of carbonyl (C=O) groups excluding carboxylic acids is 1. The molecule has 0 atom stereocenters. The second-order valence-corrected chi connectivity index (χ2v) is 6.88. The van der Waals surface area contributed by atoms with Crippen LogP contribution in [0.2, 0.25) is 5.02 Å². The Labute approximate surface area is 173 Å².